The maximum atomic E-state index is 6.25. The summed E-state index contributed by atoms with van der Waals surface area (Å²) in [4.78, 5) is 4.75. The number of hydrogen-bond acceptors (Lipinski definition) is 3. The molecule has 3 heteroatoms. The molecular formula is C15H23N3. The minimum Gasteiger partial charge on any atom is -0.371 e. The van der Waals surface area contributed by atoms with Gasteiger partial charge in [0.2, 0.25) is 0 Å². The SMILES string of the molecule is CC(N)C1(c2cccc3c2N(C)CCN3C)CC1. The Morgan fingerprint density at radius 2 is 1.83 bits per heavy atom. The largest absolute Gasteiger partial charge is 0.371 e. The van der Waals surface area contributed by atoms with Crippen LogP contribution in [0.25, 0.3) is 0 Å². The molecule has 0 amide bonds. The summed E-state index contributed by atoms with van der Waals surface area (Å²) in [5.41, 5.74) is 10.7. The predicted molar refractivity (Wildman–Crippen MR) is 77.5 cm³/mol. The van der Waals surface area contributed by atoms with Crippen molar-refractivity contribution in [3.05, 3.63) is 23.8 Å². The third-order valence-corrected chi connectivity index (χ3v) is 4.78. The third-order valence-electron chi connectivity index (χ3n) is 4.78. The van der Waals surface area contributed by atoms with Gasteiger partial charge in [0.05, 0.1) is 11.4 Å². The van der Waals surface area contributed by atoms with Gasteiger partial charge in [0.1, 0.15) is 0 Å². The van der Waals surface area contributed by atoms with Crippen LogP contribution in [0.1, 0.15) is 25.3 Å². The molecule has 2 aliphatic rings. The minimum atomic E-state index is 0.234. The number of fused-ring (bicyclic) bond motifs is 1. The number of likely N-dealkylation sites (N-methyl/N-ethyl adjacent to an activating group) is 2. The minimum absolute atomic E-state index is 0.234. The molecule has 1 heterocycles. The van der Waals surface area contributed by atoms with E-state index in [1.807, 2.05) is 0 Å². The summed E-state index contributed by atoms with van der Waals surface area (Å²) in [6.07, 6.45) is 2.47. The molecular weight excluding hydrogens is 222 g/mol. The summed E-state index contributed by atoms with van der Waals surface area (Å²) in [6, 6.07) is 6.94. The van der Waals surface area contributed by atoms with E-state index in [4.69, 9.17) is 5.73 Å². The normalized spacial score (nSPS) is 22.7. The van der Waals surface area contributed by atoms with Crippen molar-refractivity contribution in [1.82, 2.24) is 0 Å². The van der Waals surface area contributed by atoms with Crippen LogP contribution in [0, 0.1) is 0 Å². The molecule has 1 aliphatic heterocycles. The van der Waals surface area contributed by atoms with E-state index in [9.17, 15) is 0 Å². The van der Waals surface area contributed by atoms with Crippen molar-refractivity contribution in [2.24, 2.45) is 5.73 Å². The number of hydrogen-bond donors (Lipinski definition) is 1. The summed E-state index contributed by atoms with van der Waals surface area (Å²) in [7, 11) is 4.38. The smallest absolute Gasteiger partial charge is 0.0640 e. The van der Waals surface area contributed by atoms with Crippen LogP contribution in [0.2, 0.25) is 0 Å². The molecule has 1 aromatic carbocycles. The lowest BCUT2D eigenvalue weighted by molar-refractivity contribution is 0.554. The van der Waals surface area contributed by atoms with Crippen LogP contribution in [0.3, 0.4) is 0 Å². The number of para-hydroxylation sites is 1. The van der Waals surface area contributed by atoms with Gasteiger partial charge in [0.25, 0.3) is 0 Å². The number of rotatable bonds is 2. The van der Waals surface area contributed by atoms with Crippen molar-refractivity contribution in [2.75, 3.05) is 37.0 Å². The maximum absolute atomic E-state index is 6.25. The predicted octanol–water partition coefficient (Wildman–Crippen LogP) is 1.95. The van der Waals surface area contributed by atoms with Crippen LogP contribution in [0.4, 0.5) is 11.4 Å². The Bertz CT molecular complexity index is 463. The van der Waals surface area contributed by atoms with Crippen molar-refractivity contribution in [2.45, 2.75) is 31.2 Å². The zero-order chi connectivity index (χ0) is 12.9. The molecule has 18 heavy (non-hydrogen) atoms. The first-order chi connectivity index (χ1) is 8.56. The van der Waals surface area contributed by atoms with Crippen molar-refractivity contribution >= 4 is 11.4 Å². The monoisotopic (exact) mass is 245 g/mol. The zero-order valence-electron chi connectivity index (χ0n) is 11.6. The van der Waals surface area contributed by atoms with Gasteiger partial charge in [-0.3, -0.25) is 0 Å². The molecule has 0 saturated heterocycles. The first-order valence-electron chi connectivity index (χ1n) is 6.87. The molecule has 2 N–H and O–H groups in total. The Balaban J connectivity index is 2.14. The van der Waals surface area contributed by atoms with Crippen LogP contribution in [-0.2, 0) is 5.41 Å². The molecule has 0 radical (unpaired) electrons. The summed E-state index contributed by atoms with van der Waals surface area (Å²) < 4.78 is 0. The standard InChI is InChI=1S/C15H23N3/c1-11(16)15(7-8-15)12-5-4-6-13-14(12)18(3)10-9-17(13)2/h4-6,11H,7-10,16H2,1-3H3. The third kappa shape index (κ3) is 1.53. The highest BCUT2D eigenvalue weighted by Gasteiger charge is 2.49. The molecule has 0 spiro atoms. The average molecular weight is 245 g/mol. The first-order valence-corrected chi connectivity index (χ1v) is 6.87. The van der Waals surface area contributed by atoms with Crippen LogP contribution >= 0.6 is 0 Å². The van der Waals surface area contributed by atoms with Gasteiger partial charge in [-0.1, -0.05) is 12.1 Å². The van der Waals surface area contributed by atoms with E-state index in [1.54, 1.807) is 0 Å². The Morgan fingerprint density at radius 1 is 1.17 bits per heavy atom. The molecule has 0 bridgehead atoms. The van der Waals surface area contributed by atoms with E-state index in [2.05, 4.69) is 49.0 Å². The van der Waals surface area contributed by atoms with Gasteiger partial charge < -0.3 is 15.5 Å². The maximum Gasteiger partial charge on any atom is 0.0640 e. The molecule has 0 aromatic heterocycles. The van der Waals surface area contributed by atoms with E-state index in [1.165, 1.54) is 29.8 Å². The first kappa shape index (κ1) is 11.8. The number of nitrogens with zero attached hydrogens (tertiary/aromatic N) is 2. The van der Waals surface area contributed by atoms with Crippen molar-refractivity contribution in [3.8, 4) is 0 Å². The molecule has 1 saturated carbocycles. The van der Waals surface area contributed by atoms with Crippen LogP contribution < -0.4 is 15.5 Å². The number of benzene rings is 1. The Morgan fingerprint density at radius 3 is 2.44 bits per heavy atom. The van der Waals surface area contributed by atoms with Crippen LogP contribution in [0.15, 0.2) is 18.2 Å². The molecule has 3 nitrogen and oxygen atoms in total. The molecule has 1 aliphatic carbocycles. The van der Waals surface area contributed by atoms with Crippen molar-refractivity contribution < 1.29 is 0 Å². The lowest BCUT2D eigenvalue weighted by Gasteiger charge is -2.38. The fraction of sp³-hybridized carbons (Fsp3) is 0.600. The lowest BCUT2D eigenvalue weighted by Crippen LogP contribution is -2.40. The Labute approximate surface area is 110 Å². The molecule has 1 aromatic rings. The molecule has 98 valence electrons. The van der Waals surface area contributed by atoms with Gasteiger partial charge in [0, 0.05) is 38.6 Å². The summed E-state index contributed by atoms with van der Waals surface area (Å²) >= 11 is 0. The van der Waals surface area contributed by atoms with E-state index in [0.29, 0.717) is 0 Å². The fourth-order valence-electron chi connectivity index (χ4n) is 3.28. The fourth-order valence-corrected chi connectivity index (χ4v) is 3.28. The summed E-state index contributed by atoms with van der Waals surface area (Å²) in [5.74, 6) is 0. The average Bonchev–Trinajstić information content (AvgIpc) is 3.15. The van der Waals surface area contributed by atoms with E-state index in [-0.39, 0.29) is 11.5 Å². The van der Waals surface area contributed by atoms with Gasteiger partial charge in [-0.05, 0) is 31.4 Å². The molecule has 1 atom stereocenters. The van der Waals surface area contributed by atoms with Gasteiger partial charge in [-0.15, -0.1) is 0 Å². The van der Waals surface area contributed by atoms with Crippen LogP contribution in [0.5, 0.6) is 0 Å². The van der Waals surface area contributed by atoms with Gasteiger partial charge >= 0.3 is 0 Å². The van der Waals surface area contributed by atoms with Crippen LogP contribution in [-0.4, -0.2) is 33.2 Å². The number of nitrogens with two attached hydrogens (primary N) is 1. The second kappa shape index (κ2) is 3.89. The topological polar surface area (TPSA) is 32.5 Å². The van der Waals surface area contributed by atoms with Gasteiger partial charge in [-0.25, -0.2) is 0 Å². The molecule has 3 rings (SSSR count). The van der Waals surface area contributed by atoms with E-state index in [0.717, 1.165) is 13.1 Å². The summed E-state index contributed by atoms with van der Waals surface area (Å²) in [6.45, 7) is 4.34. The summed E-state index contributed by atoms with van der Waals surface area (Å²) in [5, 5.41) is 0. The molecule has 1 unspecified atom stereocenters. The highest BCUT2D eigenvalue weighted by Crippen LogP contribution is 2.55. The molecule has 1 fully saturated rings. The van der Waals surface area contributed by atoms with Gasteiger partial charge in [-0.2, -0.15) is 0 Å². The zero-order valence-corrected chi connectivity index (χ0v) is 11.6. The van der Waals surface area contributed by atoms with E-state index >= 15 is 0 Å². The Kier molecular flexibility index (Phi) is 2.56. The second-order valence-corrected chi connectivity index (χ2v) is 5.96. The Hall–Kier alpha value is -1.22. The highest BCUT2D eigenvalue weighted by molar-refractivity contribution is 5.78. The van der Waals surface area contributed by atoms with Crippen molar-refractivity contribution in [1.29, 1.82) is 0 Å². The van der Waals surface area contributed by atoms with E-state index < -0.39 is 0 Å². The lowest BCUT2D eigenvalue weighted by atomic mass is 9.86. The van der Waals surface area contributed by atoms with Gasteiger partial charge in [0.15, 0.2) is 0 Å². The highest BCUT2D eigenvalue weighted by atomic mass is 15.2. The second-order valence-electron chi connectivity index (χ2n) is 5.96. The number of anilines is 2. The van der Waals surface area contributed by atoms with Crippen molar-refractivity contribution in [3.63, 3.8) is 0 Å². The quantitative estimate of drug-likeness (QED) is 0.864.